The number of halogens is 1. The lowest BCUT2D eigenvalue weighted by atomic mass is 9.99. The molecule has 0 unspecified atom stereocenters. The molecule has 2 aromatic carbocycles. The molecule has 3 rings (SSSR count). The molecule has 19 heavy (non-hydrogen) atoms. The van der Waals surface area contributed by atoms with Gasteiger partial charge in [-0.1, -0.05) is 36.4 Å². The summed E-state index contributed by atoms with van der Waals surface area (Å²) in [6.45, 7) is 0.393. The van der Waals surface area contributed by atoms with E-state index in [1.165, 1.54) is 12.1 Å². The molecule has 2 nitrogen and oxygen atoms in total. The maximum absolute atomic E-state index is 13.4. The van der Waals surface area contributed by atoms with Crippen molar-refractivity contribution in [2.24, 2.45) is 5.73 Å². The minimum Gasteiger partial charge on any atom is -0.325 e. The Balaban J connectivity index is 2.31. The van der Waals surface area contributed by atoms with Gasteiger partial charge in [0.05, 0.1) is 5.69 Å². The van der Waals surface area contributed by atoms with Crippen molar-refractivity contribution in [3.8, 4) is 11.1 Å². The van der Waals surface area contributed by atoms with Crippen LogP contribution < -0.4 is 5.73 Å². The van der Waals surface area contributed by atoms with E-state index in [9.17, 15) is 4.39 Å². The van der Waals surface area contributed by atoms with Gasteiger partial charge in [0.1, 0.15) is 5.82 Å². The average Bonchev–Trinajstić information content (AvgIpc) is 2.46. The first-order valence-electron chi connectivity index (χ1n) is 6.12. The number of rotatable bonds is 2. The van der Waals surface area contributed by atoms with E-state index in [0.717, 1.165) is 27.6 Å². The molecule has 0 aliphatic heterocycles. The van der Waals surface area contributed by atoms with Crippen LogP contribution in [0.3, 0.4) is 0 Å². The second kappa shape index (κ2) is 4.78. The molecule has 0 fully saturated rings. The molecule has 1 aromatic heterocycles. The van der Waals surface area contributed by atoms with Crippen LogP contribution in [0, 0.1) is 5.82 Å². The van der Waals surface area contributed by atoms with Crippen molar-refractivity contribution in [1.29, 1.82) is 0 Å². The highest BCUT2D eigenvalue weighted by molar-refractivity contribution is 5.97. The van der Waals surface area contributed by atoms with Gasteiger partial charge < -0.3 is 5.73 Å². The van der Waals surface area contributed by atoms with E-state index in [-0.39, 0.29) is 5.82 Å². The van der Waals surface area contributed by atoms with Gasteiger partial charge in [-0.15, -0.1) is 0 Å². The second-order valence-corrected chi connectivity index (χ2v) is 4.38. The van der Waals surface area contributed by atoms with E-state index in [1.54, 1.807) is 12.3 Å². The van der Waals surface area contributed by atoms with Gasteiger partial charge in [0.2, 0.25) is 0 Å². The first-order chi connectivity index (χ1) is 9.29. The third-order valence-electron chi connectivity index (χ3n) is 3.21. The quantitative estimate of drug-likeness (QED) is 0.758. The zero-order chi connectivity index (χ0) is 13.2. The predicted molar refractivity (Wildman–Crippen MR) is 75.0 cm³/mol. The molecule has 0 amide bonds. The van der Waals surface area contributed by atoms with E-state index >= 15 is 0 Å². The van der Waals surface area contributed by atoms with Crippen LogP contribution >= 0.6 is 0 Å². The Morgan fingerprint density at radius 3 is 2.53 bits per heavy atom. The van der Waals surface area contributed by atoms with Crippen molar-refractivity contribution in [1.82, 2.24) is 4.98 Å². The zero-order valence-corrected chi connectivity index (χ0v) is 10.3. The third kappa shape index (κ3) is 2.09. The summed E-state index contributed by atoms with van der Waals surface area (Å²) in [4.78, 5) is 4.38. The Labute approximate surface area is 110 Å². The van der Waals surface area contributed by atoms with Crippen molar-refractivity contribution >= 4 is 10.8 Å². The number of benzene rings is 2. The molecule has 0 radical (unpaired) electrons. The molecule has 3 aromatic rings. The molecule has 0 atom stereocenters. The minimum atomic E-state index is -0.246. The summed E-state index contributed by atoms with van der Waals surface area (Å²) >= 11 is 0. The van der Waals surface area contributed by atoms with E-state index in [0.29, 0.717) is 6.54 Å². The Kier molecular flexibility index (Phi) is 2.97. The zero-order valence-electron chi connectivity index (χ0n) is 10.3. The van der Waals surface area contributed by atoms with Crippen LogP contribution in [0.25, 0.3) is 21.9 Å². The van der Waals surface area contributed by atoms with Crippen LogP contribution in [-0.4, -0.2) is 4.98 Å². The highest BCUT2D eigenvalue weighted by Crippen LogP contribution is 2.29. The average molecular weight is 252 g/mol. The molecule has 0 aliphatic carbocycles. The van der Waals surface area contributed by atoms with Crippen LogP contribution in [0.5, 0.6) is 0 Å². The van der Waals surface area contributed by atoms with E-state index in [4.69, 9.17) is 5.73 Å². The molecule has 0 saturated carbocycles. The van der Waals surface area contributed by atoms with Gasteiger partial charge in [-0.3, -0.25) is 4.98 Å². The number of hydrogen-bond acceptors (Lipinski definition) is 2. The van der Waals surface area contributed by atoms with Crippen molar-refractivity contribution in [2.75, 3.05) is 0 Å². The van der Waals surface area contributed by atoms with E-state index in [1.807, 2.05) is 30.3 Å². The summed E-state index contributed by atoms with van der Waals surface area (Å²) in [6, 6.07) is 14.5. The fourth-order valence-corrected chi connectivity index (χ4v) is 2.30. The van der Waals surface area contributed by atoms with Gasteiger partial charge in [0, 0.05) is 23.7 Å². The maximum atomic E-state index is 13.4. The number of hydrogen-bond donors (Lipinski definition) is 1. The molecule has 0 saturated heterocycles. The first-order valence-corrected chi connectivity index (χ1v) is 6.12. The topological polar surface area (TPSA) is 38.9 Å². The van der Waals surface area contributed by atoms with Gasteiger partial charge in [-0.05, 0) is 23.1 Å². The van der Waals surface area contributed by atoms with Crippen LogP contribution in [0.2, 0.25) is 0 Å². The van der Waals surface area contributed by atoms with Crippen LogP contribution in [0.1, 0.15) is 5.69 Å². The van der Waals surface area contributed by atoms with Crippen molar-refractivity contribution < 1.29 is 4.39 Å². The van der Waals surface area contributed by atoms with Crippen LogP contribution in [0.15, 0.2) is 54.7 Å². The standard InChI is InChI=1S/C16H13FN2/c17-12-5-3-4-11(8-12)15-10-19-16(9-18)14-7-2-1-6-13(14)15/h1-8,10H,9,18H2. The summed E-state index contributed by atoms with van der Waals surface area (Å²) < 4.78 is 13.4. The number of nitrogens with two attached hydrogens (primary N) is 1. The molecule has 0 bridgehead atoms. The van der Waals surface area contributed by atoms with Gasteiger partial charge in [0.25, 0.3) is 0 Å². The molecule has 2 N–H and O–H groups in total. The van der Waals surface area contributed by atoms with Crippen LogP contribution in [0.4, 0.5) is 4.39 Å². The molecule has 94 valence electrons. The van der Waals surface area contributed by atoms with Gasteiger partial charge in [-0.2, -0.15) is 0 Å². The van der Waals surface area contributed by atoms with Crippen molar-refractivity contribution in [3.63, 3.8) is 0 Å². The number of pyridine rings is 1. The number of aromatic nitrogens is 1. The van der Waals surface area contributed by atoms with Crippen LogP contribution in [-0.2, 0) is 6.54 Å². The monoisotopic (exact) mass is 252 g/mol. The van der Waals surface area contributed by atoms with E-state index in [2.05, 4.69) is 4.98 Å². The summed E-state index contributed by atoms with van der Waals surface area (Å²) in [5.41, 5.74) is 8.31. The third-order valence-corrected chi connectivity index (χ3v) is 3.21. The first kappa shape index (κ1) is 11.8. The molecule has 1 heterocycles. The Morgan fingerprint density at radius 1 is 1.00 bits per heavy atom. The fourth-order valence-electron chi connectivity index (χ4n) is 2.30. The summed E-state index contributed by atoms with van der Waals surface area (Å²) in [7, 11) is 0. The molecule has 0 aliphatic rings. The van der Waals surface area contributed by atoms with Gasteiger partial charge in [-0.25, -0.2) is 4.39 Å². The molecular formula is C16H13FN2. The van der Waals surface area contributed by atoms with E-state index < -0.39 is 0 Å². The Hall–Kier alpha value is -2.26. The van der Waals surface area contributed by atoms with Gasteiger partial charge >= 0.3 is 0 Å². The smallest absolute Gasteiger partial charge is 0.123 e. The normalized spacial score (nSPS) is 10.8. The second-order valence-electron chi connectivity index (χ2n) is 4.38. The Bertz CT molecular complexity index is 738. The van der Waals surface area contributed by atoms with Crippen molar-refractivity contribution in [2.45, 2.75) is 6.54 Å². The lowest BCUT2D eigenvalue weighted by Gasteiger charge is -2.09. The van der Waals surface area contributed by atoms with Crippen molar-refractivity contribution in [3.05, 3.63) is 66.2 Å². The fraction of sp³-hybridized carbons (Fsp3) is 0.0625. The van der Waals surface area contributed by atoms with Gasteiger partial charge in [0.15, 0.2) is 0 Å². The summed E-state index contributed by atoms with van der Waals surface area (Å²) in [5.74, 6) is -0.246. The lowest BCUT2D eigenvalue weighted by molar-refractivity contribution is 0.628. The number of fused-ring (bicyclic) bond motifs is 1. The number of nitrogens with zero attached hydrogens (tertiary/aromatic N) is 1. The SMILES string of the molecule is NCc1ncc(-c2cccc(F)c2)c2ccccc12. The molecular weight excluding hydrogens is 239 g/mol. The Morgan fingerprint density at radius 2 is 1.79 bits per heavy atom. The lowest BCUT2D eigenvalue weighted by Crippen LogP contribution is -2.01. The maximum Gasteiger partial charge on any atom is 0.123 e. The predicted octanol–water partition coefficient (Wildman–Crippen LogP) is 3.50. The highest BCUT2D eigenvalue weighted by Gasteiger charge is 2.08. The summed E-state index contributed by atoms with van der Waals surface area (Å²) in [6.07, 6.45) is 1.76. The highest BCUT2D eigenvalue weighted by atomic mass is 19.1. The summed E-state index contributed by atoms with van der Waals surface area (Å²) in [5, 5.41) is 2.07. The minimum absolute atomic E-state index is 0.246. The molecule has 0 spiro atoms. The molecule has 3 heteroatoms. The largest absolute Gasteiger partial charge is 0.325 e.